The molecule has 2 fully saturated rings. The van der Waals surface area contributed by atoms with Gasteiger partial charge >= 0.3 is 5.97 Å². The molecular formula is C15H19NO3. The summed E-state index contributed by atoms with van der Waals surface area (Å²) >= 11 is 0. The molecule has 0 amide bonds. The molecule has 4 nitrogen and oxygen atoms in total. The minimum Gasteiger partial charge on any atom is -0.481 e. The van der Waals surface area contributed by atoms with E-state index in [0.717, 1.165) is 19.6 Å². The number of rotatable bonds is 3. The molecule has 2 heterocycles. The van der Waals surface area contributed by atoms with Crippen molar-refractivity contribution in [3.8, 4) is 0 Å². The number of nitrogens with zero attached hydrogens (tertiary/aromatic N) is 1. The minimum absolute atomic E-state index is 0.133. The van der Waals surface area contributed by atoms with E-state index in [2.05, 4.69) is 17.0 Å². The fourth-order valence-corrected chi connectivity index (χ4v) is 3.41. The van der Waals surface area contributed by atoms with E-state index in [1.165, 1.54) is 5.56 Å². The Morgan fingerprint density at radius 2 is 1.84 bits per heavy atom. The number of fused-ring (bicyclic) bond motifs is 2. The van der Waals surface area contributed by atoms with Gasteiger partial charge in [0.2, 0.25) is 0 Å². The zero-order valence-electron chi connectivity index (χ0n) is 10.9. The van der Waals surface area contributed by atoms with Crippen LogP contribution in [-0.4, -0.2) is 42.3 Å². The van der Waals surface area contributed by atoms with E-state index in [1.807, 2.05) is 18.2 Å². The normalized spacial score (nSPS) is 31.1. The van der Waals surface area contributed by atoms with E-state index in [-0.39, 0.29) is 17.8 Å². The maximum Gasteiger partial charge on any atom is 0.307 e. The van der Waals surface area contributed by atoms with Gasteiger partial charge in [0.15, 0.2) is 0 Å². The molecule has 102 valence electrons. The van der Waals surface area contributed by atoms with Gasteiger partial charge in [0, 0.05) is 31.5 Å². The average Bonchev–Trinajstić information content (AvgIpc) is 2.38. The summed E-state index contributed by atoms with van der Waals surface area (Å²) in [7, 11) is 0. The molecule has 1 N–H and O–H groups in total. The highest BCUT2D eigenvalue weighted by atomic mass is 16.5. The molecule has 0 spiro atoms. The number of piperidine rings is 1. The summed E-state index contributed by atoms with van der Waals surface area (Å²) in [5.74, 6) is -0.610. The van der Waals surface area contributed by atoms with Crippen LogP contribution in [-0.2, 0) is 16.1 Å². The molecule has 0 saturated carbocycles. The Kier molecular flexibility index (Phi) is 3.53. The number of likely N-dealkylation sites (tertiary alicyclic amines) is 1. The molecule has 2 unspecified atom stereocenters. The number of aliphatic carboxylic acids is 1. The number of carboxylic acids is 1. The standard InChI is InChI=1S/C15H19NO3/c17-15(18)14-12-7-16(8-13(14)10-19-9-12)6-11-4-2-1-3-5-11/h1-5,12-14H,6-10H2,(H,17,18). The van der Waals surface area contributed by atoms with Crippen LogP contribution < -0.4 is 0 Å². The third-order valence-corrected chi connectivity index (χ3v) is 4.20. The van der Waals surface area contributed by atoms with Crippen molar-refractivity contribution >= 4 is 5.97 Å². The fourth-order valence-electron chi connectivity index (χ4n) is 3.41. The van der Waals surface area contributed by atoms with Crippen molar-refractivity contribution in [1.82, 2.24) is 4.90 Å². The third-order valence-electron chi connectivity index (χ3n) is 4.20. The second-order valence-electron chi connectivity index (χ2n) is 5.60. The molecule has 4 heteroatoms. The summed E-state index contributed by atoms with van der Waals surface area (Å²) in [6, 6.07) is 10.3. The number of carboxylic acid groups (broad SMARTS) is 1. The summed E-state index contributed by atoms with van der Waals surface area (Å²) in [4.78, 5) is 13.7. The smallest absolute Gasteiger partial charge is 0.307 e. The first-order valence-electron chi connectivity index (χ1n) is 6.81. The lowest BCUT2D eigenvalue weighted by Gasteiger charge is -2.45. The molecule has 1 aromatic rings. The molecule has 0 radical (unpaired) electrons. The van der Waals surface area contributed by atoms with Crippen LogP contribution in [0.5, 0.6) is 0 Å². The summed E-state index contributed by atoms with van der Waals surface area (Å²) < 4.78 is 5.53. The van der Waals surface area contributed by atoms with Crippen LogP contribution in [0, 0.1) is 17.8 Å². The predicted octanol–water partition coefficient (Wildman–Crippen LogP) is 1.47. The van der Waals surface area contributed by atoms with Gasteiger partial charge in [-0.05, 0) is 5.56 Å². The van der Waals surface area contributed by atoms with Crippen molar-refractivity contribution in [2.75, 3.05) is 26.3 Å². The van der Waals surface area contributed by atoms with Gasteiger partial charge in [0.05, 0.1) is 19.1 Å². The van der Waals surface area contributed by atoms with Gasteiger partial charge in [-0.15, -0.1) is 0 Å². The molecule has 2 bridgehead atoms. The molecule has 2 saturated heterocycles. The van der Waals surface area contributed by atoms with Gasteiger partial charge in [-0.1, -0.05) is 30.3 Å². The Labute approximate surface area is 113 Å². The first kappa shape index (κ1) is 12.6. The molecule has 2 atom stereocenters. The van der Waals surface area contributed by atoms with Crippen molar-refractivity contribution in [2.24, 2.45) is 17.8 Å². The summed E-state index contributed by atoms with van der Waals surface area (Å²) in [6.45, 7) is 3.71. The molecule has 0 aromatic heterocycles. The molecular weight excluding hydrogens is 242 g/mol. The van der Waals surface area contributed by atoms with E-state index in [9.17, 15) is 9.90 Å². The van der Waals surface area contributed by atoms with Gasteiger partial charge in [-0.2, -0.15) is 0 Å². The maximum absolute atomic E-state index is 11.4. The molecule has 2 aliphatic rings. The lowest BCUT2D eigenvalue weighted by molar-refractivity contribution is -0.160. The Morgan fingerprint density at radius 3 is 2.42 bits per heavy atom. The zero-order valence-corrected chi connectivity index (χ0v) is 10.9. The summed E-state index contributed by atoms with van der Waals surface area (Å²) in [5, 5.41) is 9.35. The van der Waals surface area contributed by atoms with Crippen LogP contribution >= 0.6 is 0 Å². The predicted molar refractivity (Wildman–Crippen MR) is 70.6 cm³/mol. The van der Waals surface area contributed by atoms with Crippen LogP contribution in [0.1, 0.15) is 5.56 Å². The second kappa shape index (κ2) is 5.31. The molecule has 3 rings (SSSR count). The van der Waals surface area contributed by atoms with Gasteiger partial charge in [-0.3, -0.25) is 9.69 Å². The first-order chi connectivity index (χ1) is 9.24. The summed E-state index contributed by atoms with van der Waals surface area (Å²) in [6.07, 6.45) is 0. The van der Waals surface area contributed by atoms with Crippen molar-refractivity contribution < 1.29 is 14.6 Å². The van der Waals surface area contributed by atoms with Crippen LogP contribution in [0.15, 0.2) is 30.3 Å². The van der Waals surface area contributed by atoms with Crippen LogP contribution in [0.25, 0.3) is 0 Å². The highest BCUT2D eigenvalue weighted by molar-refractivity contribution is 5.71. The number of carbonyl (C=O) groups is 1. The molecule has 0 aliphatic carbocycles. The van der Waals surface area contributed by atoms with Crippen molar-refractivity contribution in [1.29, 1.82) is 0 Å². The highest BCUT2D eigenvalue weighted by Gasteiger charge is 2.44. The van der Waals surface area contributed by atoms with E-state index in [1.54, 1.807) is 0 Å². The van der Waals surface area contributed by atoms with Crippen LogP contribution in [0.3, 0.4) is 0 Å². The zero-order chi connectivity index (χ0) is 13.2. The van der Waals surface area contributed by atoms with Crippen molar-refractivity contribution in [2.45, 2.75) is 6.54 Å². The monoisotopic (exact) mass is 261 g/mol. The van der Waals surface area contributed by atoms with E-state index < -0.39 is 5.97 Å². The second-order valence-corrected chi connectivity index (χ2v) is 5.60. The molecule has 2 aliphatic heterocycles. The first-order valence-corrected chi connectivity index (χ1v) is 6.81. The van der Waals surface area contributed by atoms with Gasteiger partial charge in [0.25, 0.3) is 0 Å². The Bertz CT molecular complexity index is 434. The minimum atomic E-state index is -0.655. The van der Waals surface area contributed by atoms with E-state index >= 15 is 0 Å². The topological polar surface area (TPSA) is 49.8 Å². The number of hydrogen-bond acceptors (Lipinski definition) is 3. The SMILES string of the molecule is O=C(O)C1C2COCC1CN(Cc1ccccc1)C2. The van der Waals surface area contributed by atoms with Gasteiger partial charge < -0.3 is 9.84 Å². The van der Waals surface area contributed by atoms with Gasteiger partial charge in [0.1, 0.15) is 0 Å². The lowest BCUT2D eigenvalue weighted by Crippen LogP contribution is -2.54. The largest absolute Gasteiger partial charge is 0.481 e. The number of ether oxygens (including phenoxy) is 1. The number of benzene rings is 1. The molecule has 1 aromatic carbocycles. The molecule has 19 heavy (non-hydrogen) atoms. The van der Waals surface area contributed by atoms with E-state index in [0.29, 0.717) is 13.2 Å². The Hall–Kier alpha value is -1.39. The van der Waals surface area contributed by atoms with Crippen molar-refractivity contribution in [3.63, 3.8) is 0 Å². The quantitative estimate of drug-likeness (QED) is 0.895. The lowest BCUT2D eigenvalue weighted by atomic mass is 9.76. The van der Waals surface area contributed by atoms with Gasteiger partial charge in [-0.25, -0.2) is 0 Å². The Morgan fingerprint density at radius 1 is 1.21 bits per heavy atom. The Balaban J connectivity index is 1.69. The third kappa shape index (κ3) is 2.65. The summed E-state index contributed by atoms with van der Waals surface area (Å²) in [5.41, 5.74) is 1.29. The van der Waals surface area contributed by atoms with Crippen molar-refractivity contribution in [3.05, 3.63) is 35.9 Å². The van der Waals surface area contributed by atoms with Crippen LogP contribution in [0.2, 0.25) is 0 Å². The average molecular weight is 261 g/mol. The highest BCUT2D eigenvalue weighted by Crippen LogP contribution is 2.34. The fraction of sp³-hybridized carbons (Fsp3) is 0.533. The number of hydrogen-bond donors (Lipinski definition) is 1. The van der Waals surface area contributed by atoms with Crippen LogP contribution in [0.4, 0.5) is 0 Å². The maximum atomic E-state index is 11.4. The van der Waals surface area contributed by atoms with E-state index in [4.69, 9.17) is 4.74 Å².